The first-order valence-electron chi connectivity index (χ1n) is 13.7. The number of carboxylic acid groups (broad SMARTS) is 3. The molecule has 214 valence electrons. The van der Waals surface area contributed by atoms with Gasteiger partial charge in [0.25, 0.3) is 0 Å². The number of unbranched alkanes of at least 4 members (excludes halogenated alkanes) is 1. The average molecular weight is 554 g/mol. The number of hydrogen-bond donors (Lipinski definition) is 3. The first-order chi connectivity index (χ1) is 19.1. The standard InChI is InChI=1S/C17H22O6.C12H13N3O2/c1-3-5-6-10(4-2)9-13-11(15(18)19)7-8-12(16(20)21)14(13)17(22)23;16-9-7-8(13-1-2-13)12(17)11(15-5-6-15)10(9)14-3-4-14/h7-8,10H,3-6,9H2,1-2H3,(H,18,19)(H,20,21)(H,22,23);7H,1-6H2. The zero-order chi connectivity index (χ0) is 29.1. The molecule has 1 aromatic rings. The molecule has 0 radical (unpaired) electrons. The van der Waals surface area contributed by atoms with Crippen LogP contribution in [-0.2, 0) is 16.0 Å². The smallest absolute Gasteiger partial charge is 0.336 e. The van der Waals surface area contributed by atoms with Crippen LogP contribution < -0.4 is 0 Å². The third kappa shape index (κ3) is 6.35. The highest BCUT2D eigenvalue weighted by Gasteiger charge is 2.43. The highest BCUT2D eigenvalue weighted by molar-refractivity contribution is 6.22. The summed E-state index contributed by atoms with van der Waals surface area (Å²) >= 11 is 0. The Morgan fingerprint density at radius 1 is 0.800 bits per heavy atom. The van der Waals surface area contributed by atoms with Crippen molar-refractivity contribution in [2.24, 2.45) is 5.92 Å². The molecule has 11 nitrogen and oxygen atoms in total. The van der Waals surface area contributed by atoms with Gasteiger partial charge >= 0.3 is 17.9 Å². The van der Waals surface area contributed by atoms with Crippen LogP contribution >= 0.6 is 0 Å². The zero-order valence-corrected chi connectivity index (χ0v) is 22.8. The molecule has 0 amide bonds. The summed E-state index contributed by atoms with van der Waals surface area (Å²) in [6.45, 7) is 9.41. The third-order valence-corrected chi connectivity index (χ3v) is 7.51. The molecule has 0 saturated carbocycles. The molecule has 3 aliphatic heterocycles. The number of rotatable bonds is 12. The molecule has 11 heteroatoms. The molecule has 1 aliphatic carbocycles. The summed E-state index contributed by atoms with van der Waals surface area (Å²) in [5.41, 5.74) is 1.07. The van der Waals surface area contributed by atoms with Crippen molar-refractivity contribution >= 4 is 29.5 Å². The minimum Gasteiger partial charge on any atom is -0.478 e. The molecule has 0 bridgehead atoms. The van der Waals surface area contributed by atoms with Gasteiger partial charge in [0.15, 0.2) is 0 Å². The minimum atomic E-state index is -1.41. The predicted octanol–water partition coefficient (Wildman–Crippen LogP) is 2.72. The van der Waals surface area contributed by atoms with Gasteiger partial charge < -0.3 is 30.0 Å². The first-order valence-corrected chi connectivity index (χ1v) is 13.7. The number of carboxylic acids is 3. The zero-order valence-electron chi connectivity index (χ0n) is 22.8. The number of allylic oxidation sites excluding steroid dienone is 1. The molecule has 40 heavy (non-hydrogen) atoms. The fraction of sp³-hybridized carbons (Fsp3) is 0.483. The van der Waals surface area contributed by atoms with Crippen molar-refractivity contribution in [3.63, 3.8) is 0 Å². The molecule has 1 unspecified atom stereocenters. The van der Waals surface area contributed by atoms with Crippen molar-refractivity contribution in [2.45, 2.75) is 46.0 Å². The van der Waals surface area contributed by atoms with Gasteiger partial charge in [-0.15, -0.1) is 0 Å². The summed E-state index contributed by atoms with van der Waals surface area (Å²) in [5, 5.41) is 27.9. The molecule has 3 fully saturated rings. The van der Waals surface area contributed by atoms with Crippen LogP contribution in [0.4, 0.5) is 0 Å². The third-order valence-electron chi connectivity index (χ3n) is 7.51. The van der Waals surface area contributed by atoms with Gasteiger partial charge in [-0.05, 0) is 30.0 Å². The Hall–Kier alpha value is -4.15. The molecule has 4 aliphatic rings. The van der Waals surface area contributed by atoms with E-state index in [1.54, 1.807) is 0 Å². The van der Waals surface area contributed by atoms with E-state index in [1.807, 2.05) is 28.5 Å². The van der Waals surface area contributed by atoms with E-state index in [9.17, 15) is 39.3 Å². The van der Waals surface area contributed by atoms with Gasteiger partial charge in [-0.1, -0.05) is 39.5 Å². The number of ketones is 2. The Kier molecular flexibility index (Phi) is 8.61. The van der Waals surface area contributed by atoms with Crippen molar-refractivity contribution in [3.05, 3.63) is 57.6 Å². The predicted molar refractivity (Wildman–Crippen MR) is 144 cm³/mol. The SMILES string of the molecule is CCCCC(CC)Cc1c(C(=O)O)ccc(C(=O)O)c1C(=O)O.O=C1C=C(N2CC2)C(=O)C(N2CC2)=C1N1CC1. The second-order valence-corrected chi connectivity index (χ2v) is 10.4. The summed E-state index contributed by atoms with van der Waals surface area (Å²) < 4.78 is 0. The lowest BCUT2D eigenvalue weighted by Crippen LogP contribution is -2.29. The molecule has 5 rings (SSSR count). The largest absolute Gasteiger partial charge is 0.478 e. The lowest BCUT2D eigenvalue weighted by molar-refractivity contribution is -0.117. The monoisotopic (exact) mass is 553 g/mol. The summed E-state index contributed by atoms with van der Waals surface area (Å²) in [4.78, 5) is 64.7. The van der Waals surface area contributed by atoms with Crippen LogP contribution in [0.1, 0.15) is 76.2 Å². The molecule has 0 aromatic heterocycles. The molecule has 3 heterocycles. The van der Waals surface area contributed by atoms with Crippen LogP contribution in [0.15, 0.2) is 35.3 Å². The Bertz CT molecular complexity index is 1300. The van der Waals surface area contributed by atoms with Gasteiger partial charge in [0.1, 0.15) is 11.4 Å². The average Bonchev–Trinajstić information content (AvgIpc) is 3.76. The Labute approximate surface area is 232 Å². The lowest BCUT2D eigenvalue weighted by Gasteiger charge is -2.21. The van der Waals surface area contributed by atoms with Crippen LogP contribution in [0.5, 0.6) is 0 Å². The summed E-state index contributed by atoms with van der Waals surface area (Å²) in [6.07, 6.45) is 5.35. The molecule has 1 atom stereocenters. The quantitative estimate of drug-likeness (QED) is 0.258. The molecule has 0 spiro atoms. The maximum Gasteiger partial charge on any atom is 0.336 e. The Morgan fingerprint density at radius 3 is 1.82 bits per heavy atom. The number of nitrogens with zero attached hydrogens (tertiary/aromatic N) is 3. The van der Waals surface area contributed by atoms with Gasteiger partial charge in [-0.25, -0.2) is 14.4 Å². The fourth-order valence-corrected chi connectivity index (χ4v) is 4.99. The second kappa shape index (κ2) is 11.9. The van der Waals surface area contributed by atoms with Gasteiger partial charge in [-0.3, -0.25) is 9.59 Å². The van der Waals surface area contributed by atoms with Crippen molar-refractivity contribution < 1.29 is 39.3 Å². The van der Waals surface area contributed by atoms with Gasteiger partial charge in [0, 0.05) is 45.3 Å². The molecule has 3 N–H and O–H groups in total. The van der Waals surface area contributed by atoms with Gasteiger partial charge in [0.05, 0.1) is 22.4 Å². The maximum atomic E-state index is 12.4. The molecular weight excluding hydrogens is 518 g/mol. The Balaban J connectivity index is 0.000000191. The van der Waals surface area contributed by atoms with Gasteiger partial charge in [-0.2, -0.15) is 0 Å². The summed E-state index contributed by atoms with van der Waals surface area (Å²) in [6, 6.07) is 2.23. The lowest BCUT2D eigenvalue weighted by atomic mass is 9.85. The van der Waals surface area contributed by atoms with Crippen molar-refractivity contribution in [2.75, 3.05) is 39.3 Å². The van der Waals surface area contributed by atoms with Crippen molar-refractivity contribution in [1.29, 1.82) is 0 Å². The highest BCUT2D eigenvalue weighted by atomic mass is 16.4. The number of carbonyl (C=O) groups excluding carboxylic acids is 2. The van der Waals surface area contributed by atoms with E-state index in [1.165, 1.54) is 12.1 Å². The van der Waals surface area contributed by atoms with Crippen molar-refractivity contribution in [1.82, 2.24) is 14.7 Å². The number of Topliss-reactive ketones (excluding diaryl/α,β-unsaturated/α-hetero) is 1. The molecule has 3 saturated heterocycles. The summed E-state index contributed by atoms with van der Waals surface area (Å²) in [7, 11) is 0. The first kappa shape index (κ1) is 28.8. The second-order valence-electron chi connectivity index (χ2n) is 10.4. The maximum absolute atomic E-state index is 12.4. The van der Waals surface area contributed by atoms with E-state index in [0.717, 1.165) is 71.0 Å². The normalized spacial score (nSPS) is 18.1. The highest BCUT2D eigenvalue weighted by Crippen LogP contribution is 2.34. The summed E-state index contributed by atoms with van der Waals surface area (Å²) in [5.74, 6) is -3.86. The van der Waals surface area contributed by atoms with E-state index in [4.69, 9.17) is 0 Å². The van der Waals surface area contributed by atoms with E-state index in [2.05, 4.69) is 0 Å². The Morgan fingerprint density at radius 2 is 1.35 bits per heavy atom. The topological polar surface area (TPSA) is 155 Å². The fourth-order valence-electron chi connectivity index (χ4n) is 4.99. The van der Waals surface area contributed by atoms with E-state index in [-0.39, 0.29) is 40.6 Å². The molecular formula is C29H35N3O8. The van der Waals surface area contributed by atoms with Crippen LogP contribution in [0.3, 0.4) is 0 Å². The van der Waals surface area contributed by atoms with Crippen LogP contribution in [-0.4, -0.2) is 98.8 Å². The number of carbonyl (C=O) groups is 5. The van der Waals surface area contributed by atoms with Crippen LogP contribution in [0, 0.1) is 5.92 Å². The number of aromatic carboxylic acids is 3. The van der Waals surface area contributed by atoms with E-state index in [0.29, 0.717) is 17.1 Å². The van der Waals surface area contributed by atoms with Crippen LogP contribution in [0.2, 0.25) is 0 Å². The minimum absolute atomic E-state index is 0.00546. The number of benzene rings is 1. The molecule has 1 aromatic carbocycles. The number of hydrogen-bond acceptors (Lipinski definition) is 8. The van der Waals surface area contributed by atoms with Crippen molar-refractivity contribution in [3.8, 4) is 0 Å². The van der Waals surface area contributed by atoms with Crippen LogP contribution in [0.25, 0.3) is 0 Å². The van der Waals surface area contributed by atoms with E-state index >= 15 is 0 Å². The van der Waals surface area contributed by atoms with Gasteiger partial charge in [0.2, 0.25) is 11.6 Å². The van der Waals surface area contributed by atoms with E-state index < -0.39 is 23.5 Å².